The van der Waals surface area contributed by atoms with Crippen molar-refractivity contribution in [3.63, 3.8) is 0 Å². The number of hydrogen-bond donors (Lipinski definition) is 0. The number of fused-ring (bicyclic) bond motifs is 6. The van der Waals surface area contributed by atoms with Gasteiger partial charge in [-0.3, -0.25) is 4.98 Å². The van der Waals surface area contributed by atoms with Gasteiger partial charge in [-0.15, -0.1) is 11.3 Å². The third-order valence-corrected chi connectivity index (χ3v) is 6.55. The van der Waals surface area contributed by atoms with Crippen LogP contribution < -0.4 is 0 Å². The van der Waals surface area contributed by atoms with E-state index in [1.54, 1.807) is 0 Å². The average Bonchev–Trinajstić information content (AvgIpc) is 3.12. The first-order valence-electron chi connectivity index (χ1n) is 9.07. The van der Waals surface area contributed by atoms with Gasteiger partial charge in [-0.1, -0.05) is 72.8 Å². The van der Waals surface area contributed by atoms with Gasteiger partial charge >= 0.3 is 0 Å². The Bertz CT molecular complexity index is 1480. The summed E-state index contributed by atoms with van der Waals surface area (Å²) in [5.41, 5.74) is 2.28. The lowest BCUT2D eigenvalue weighted by Crippen LogP contribution is -1.87. The molecule has 0 atom stereocenters. The molecule has 1 nitrogen and oxygen atoms in total. The fraction of sp³-hybridized carbons (Fsp3) is 0. The molecule has 0 saturated carbocycles. The van der Waals surface area contributed by atoms with E-state index in [9.17, 15) is 0 Å². The van der Waals surface area contributed by atoms with Crippen LogP contribution in [0, 0.1) is 0 Å². The van der Waals surface area contributed by atoms with Crippen molar-refractivity contribution in [3.8, 4) is 11.3 Å². The number of thiophene rings is 1. The standard InChI is InChI=1S/C25H15NS/c1-2-7-17-16(6-1)12-13-20-18(17)14-15-26-24(20)22-10-5-9-21-19-8-3-4-11-23(19)27-25(21)22/h1-15H. The predicted molar refractivity (Wildman–Crippen MR) is 118 cm³/mol. The molecule has 27 heavy (non-hydrogen) atoms. The number of aromatic nitrogens is 1. The van der Waals surface area contributed by atoms with Crippen LogP contribution in [-0.2, 0) is 0 Å². The van der Waals surface area contributed by atoms with Crippen LogP contribution in [0.2, 0.25) is 0 Å². The highest BCUT2D eigenvalue weighted by Gasteiger charge is 2.13. The molecule has 0 unspecified atom stereocenters. The molecule has 0 N–H and O–H groups in total. The monoisotopic (exact) mass is 361 g/mol. The lowest BCUT2D eigenvalue weighted by atomic mass is 9.98. The van der Waals surface area contributed by atoms with Gasteiger partial charge in [-0.05, 0) is 28.3 Å². The van der Waals surface area contributed by atoms with Crippen molar-refractivity contribution in [2.75, 3.05) is 0 Å². The molecule has 0 amide bonds. The minimum Gasteiger partial charge on any atom is -0.256 e. The molecule has 0 aliphatic heterocycles. The van der Waals surface area contributed by atoms with Gasteiger partial charge in [0.25, 0.3) is 0 Å². The average molecular weight is 361 g/mol. The predicted octanol–water partition coefficient (Wildman–Crippen LogP) is 7.42. The highest BCUT2D eigenvalue weighted by atomic mass is 32.1. The maximum atomic E-state index is 4.81. The Balaban J connectivity index is 1.74. The SMILES string of the molecule is c1ccc2c(c1)ccc1c(-c3cccc4c3sc3ccccc34)nccc12. The Morgan fingerprint density at radius 2 is 1.37 bits per heavy atom. The van der Waals surface area contributed by atoms with Crippen molar-refractivity contribution in [3.05, 3.63) is 91.1 Å². The van der Waals surface area contributed by atoms with Crippen molar-refractivity contribution in [1.29, 1.82) is 0 Å². The van der Waals surface area contributed by atoms with Crippen molar-refractivity contribution in [2.45, 2.75) is 0 Å². The second-order valence-corrected chi connectivity index (χ2v) is 7.87. The molecule has 2 aromatic heterocycles. The smallest absolute Gasteiger partial charge is 0.0794 e. The Morgan fingerprint density at radius 3 is 2.33 bits per heavy atom. The van der Waals surface area contributed by atoms with Gasteiger partial charge in [0.05, 0.1) is 5.69 Å². The molecule has 6 rings (SSSR count). The van der Waals surface area contributed by atoms with E-state index in [0.29, 0.717) is 0 Å². The highest BCUT2D eigenvalue weighted by Crippen LogP contribution is 2.41. The summed E-state index contributed by atoms with van der Waals surface area (Å²) >= 11 is 1.86. The molecule has 0 aliphatic carbocycles. The lowest BCUT2D eigenvalue weighted by Gasteiger charge is -2.09. The molecule has 4 aromatic carbocycles. The molecular weight excluding hydrogens is 346 g/mol. The van der Waals surface area contributed by atoms with Crippen LogP contribution in [0.15, 0.2) is 91.1 Å². The van der Waals surface area contributed by atoms with E-state index >= 15 is 0 Å². The van der Waals surface area contributed by atoms with Crippen LogP contribution in [-0.4, -0.2) is 4.98 Å². The first-order valence-corrected chi connectivity index (χ1v) is 9.89. The van der Waals surface area contributed by atoms with Gasteiger partial charge in [0.1, 0.15) is 0 Å². The molecule has 2 heteroatoms. The topological polar surface area (TPSA) is 12.9 Å². The van der Waals surface area contributed by atoms with E-state index < -0.39 is 0 Å². The first kappa shape index (κ1) is 14.9. The summed E-state index contributed by atoms with van der Waals surface area (Å²) in [6, 6.07) is 30.3. The number of benzene rings is 4. The fourth-order valence-electron chi connectivity index (χ4n) is 4.09. The molecule has 2 heterocycles. The number of rotatable bonds is 1. The molecule has 0 bridgehead atoms. The van der Waals surface area contributed by atoms with Gasteiger partial charge in [0.2, 0.25) is 0 Å². The first-order chi connectivity index (χ1) is 13.4. The maximum Gasteiger partial charge on any atom is 0.0794 e. The minimum atomic E-state index is 1.07. The maximum absolute atomic E-state index is 4.81. The summed E-state index contributed by atoms with van der Waals surface area (Å²) in [6.45, 7) is 0. The van der Waals surface area contributed by atoms with Crippen LogP contribution in [0.4, 0.5) is 0 Å². The molecular formula is C25H15NS. The zero-order valence-electron chi connectivity index (χ0n) is 14.5. The van der Waals surface area contributed by atoms with Crippen LogP contribution in [0.5, 0.6) is 0 Å². The van der Waals surface area contributed by atoms with Crippen LogP contribution in [0.3, 0.4) is 0 Å². The molecule has 0 spiro atoms. The van der Waals surface area contributed by atoms with Gasteiger partial charge in [0.15, 0.2) is 0 Å². The van der Waals surface area contributed by atoms with Gasteiger partial charge < -0.3 is 0 Å². The highest BCUT2D eigenvalue weighted by molar-refractivity contribution is 7.26. The molecule has 0 fully saturated rings. The fourth-order valence-corrected chi connectivity index (χ4v) is 5.30. The van der Waals surface area contributed by atoms with Crippen molar-refractivity contribution >= 4 is 53.1 Å². The van der Waals surface area contributed by atoms with Crippen LogP contribution >= 0.6 is 11.3 Å². The normalized spacial score (nSPS) is 11.7. The molecule has 126 valence electrons. The lowest BCUT2D eigenvalue weighted by molar-refractivity contribution is 1.37. The van der Waals surface area contributed by atoms with Crippen molar-refractivity contribution < 1.29 is 0 Å². The summed E-state index contributed by atoms with van der Waals surface area (Å²) in [6.07, 6.45) is 1.94. The van der Waals surface area contributed by atoms with Crippen molar-refractivity contribution in [2.24, 2.45) is 0 Å². The Labute approximate surface area is 160 Å². The van der Waals surface area contributed by atoms with E-state index in [4.69, 9.17) is 4.98 Å². The summed E-state index contributed by atoms with van der Waals surface area (Å²) < 4.78 is 2.64. The minimum absolute atomic E-state index is 1.07. The zero-order chi connectivity index (χ0) is 17.8. The van der Waals surface area contributed by atoms with E-state index in [2.05, 4.69) is 84.9 Å². The molecule has 0 aliphatic rings. The second kappa shape index (κ2) is 5.63. The Kier molecular flexibility index (Phi) is 3.11. The summed E-state index contributed by atoms with van der Waals surface area (Å²) in [7, 11) is 0. The van der Waals surface area contributed by atoms with Gasteiger partial charge in [-0.2, -0.15) is 0 Å². The third-order valence-electron chi connectivity index (χ3n) is 5.33. The number of nitrogens with zero attached hydrogens (tertiary/aromatic N) is 1. The zero-order valence-corrected chi connectivity index (χ0v) is 15.3. The number of pyridine rings is 1. The number of hydrogen-bond acceptors (Lipinski definition) is 2. The summed E-state index contributed by atoms with van der Waals surface area (Å²) in [5.74, 6) is 0. The molecule has 0 radical (unpaired) electrons. The van der Waals surface area contributed by atoms with E-state index in [1.807, 2.05) is 17.5 Å². The van der Waals surface area contributed by atoms with E-state index in [0.717, 1.165) is 5.69 Å². The quantitative estimate of drug-likeness (QED) is 0.278. The third kappa shape index (κ3) is 2.14. The second-order valence-electron chi connectivity index (χ2n) is 6.82. The van der Waals surface area contributed by atoms with Crippen LogP contribution in [0.25, 0.3) is 53.0 Å². The summed E-state index contributed by atoms with van der Waals surface area (Å²) in [4.78, 5) is 4.81. The van der Waals surface area contributed by atoms with Crippen molar-refractivity contribution in [1.82, 2.24) is 4.98 Å². The largest absolute Gasteiger partial charge is 0.256 e. The molecule has 0 saturated heterocycles. The van der Waals surface area contributed by atoms with Gasteiger partial charge in [0, 0.05) is 37.3 Å². The Morgan fingerprint density at radius 1 is 0.556 bits per heavy atom. The van der Waals surface area contributed by atoms with Crippen LogP contribution in [0.1, 0.15) is 0 Å². The molecule has 6 aromatic rings. The van der Waals surface area contributed by atoms with E-state index in [-0.39, 0.29) is 0 Å². The van der Waals surface area contributed by atoms with Gasteiger partial charge in [-0.25, -0.2) is 0 Å². The van der Waals surface area contributed by atoms with E-state index in [1.165, 1.54) is 47.3 Å². The Hall–Kier alpha value is -3.23. The summed E-state index contributed by atoms with van der Waals surface area (Å²) in [5, 5.41) is 7.65.